The predicted octanol–water partition coefficient (Wildman–Crippen LogP) is 3.89. The van der Waals surface area contributed by atoms with Crippen LogP contribution < -0.4 is 5.32 Å². The molecular formula is C19H21NO3S. The van der Waals surface area contributed by atoms with Gasteiger partial charge in [-0.3, -0.25) is 0 Å². The Morgan fingerprint density at radius 1 is 1.00 bits per heavy atom. The van der Waals surface area contributed by atoms with E-state index in [2.05, 4.69) is 5.32 Å². The number of hydrogen-bond donors (Lipinski definition) is 1. The molecule has 0 aliphatic heterocycles. The predicted molar refractivity (Wildman–Crippen MR) is 97.9 cm³/mol. The molecule has 0 spiro atoms. The Morgan fingerprint density at radius 3 is 2.17 bits per heavy atom. The van der Waals surface area contributed by atoms with Crippen LogP contribution in [0.2, 0.25) is 0 Å². The van der Waals surface area contributed by atoms with Crippen LogP contribution in [0.3, 0.4) is 0 Å². The van der Waals surface area contributed by atoms with Crippen LogP contribution in [0.5, 0.6) is 0 Å². The molecule has 2 aromatic rings. The summed E-state index contributed by atoms with van der Waals surface area (Å²) in [4.78, 5) is 12.1. The highest BCUT2D eigenvalue weighted by Crippen LogP contribution is 2.07. The molecule has 0 aromatic heterocycles. The van der Waals surface area contributed by atoms with Gasteiger partial charge in [-0.05, 0) is 30.3 Å². The molecule has 0 saturated carbocycles. The van der Waals surface area contributed by atoms with Gasteiger partial charge in [-0.1, -0.05) is 60.7 Å². The number of alkyl carbamates (subject to hydrolysis) is 1. The van der Waals surface area contributed by atoms with Gasteiger partial charge in [0, 0.05) is 6.42 Å². The minimum atomic E-state index is -0.512. The fourth-order valence-electron chi connectivity index (χ4n) is 2.19. The van der Waals surface area contributed by atoms with E-state index in [0.717, 1.165) is 11.1 Å². The molecule has 24 heavy (non-hydrogen) atoms. The zero-order chi connectivity index (χ0) is 17.2. The highest BCUT2D eigenvalue weighted by Gasteiger charge is 2.20. The molecule has 5 heteroatoms. The van der Waals surface area contributed by atoms with Gasteiger partial charge >= 0.3 is 6.09 Å². The average Bonchev–Trinajstić information content (AvgIpc) is 2.61. The topological polar surface area (TPSA) is 47.6 Å². The molecule has 2 aromatic carbocycles. The van der Waals surface area contributed by atoms with Gasteiger partial charge in [0.1, 0.15) is 12.6 Å². The van der Waals surface area contributed by atoms with E-state index in [-0.39, 0.29) is 6.61 Å². The summed E-state index contributed by atoms with van der Waals surface area (Å²) in [5.74, 6) is 0. The van der Waals surface area contributed by atoms with Crippen molar-refractivity contribution >= 4 is 23.4 Å². The van der Waals surface area contributed by atoms with Gasteiger partial charge in [0.2, 0.25) is 0 Å². The van der Waals surface area contributed by atoms with Gasteiger partial charge in [-0.15, -0.1) is 0 Å². The maximum atomic E-state index is 12.1. The third-order valence-corrected chi connectivity index (χ3v) is 3.76. The van der Waals surface area contributed by atoms with E-state index in [9.17, 15) is 4.79 Å². The van der Waals surface area contributed by atoms with Gasteiger partial charge < -0.3 is 14.8 Å². The number of nitrogens with one attached hydrogen (secondary N) is 1. The summed E-state index contributed by atoms with van der Waals surface area (Å²) in [6, 6.07) is 18.9. The Hall–Kier alpha value is -2.40. The number of carbonyl (C=O) groups is 1. The third-order valence-electron chi connectivity index (χ3n) is 3.36. The van der Waals surface area contributed by atoms with Crippen LogP contribution in [0.1, 0.15) is 18.1 Å². The van der Waals surface area contributed by atoms with E-state index in [1.54, 1.807) is 0 Å². The van der Waals surface area contributed by atoms with Gasteiger partial charge in [0.05, 0.1) is 6.61 Å². The number of rotatable bonds is 7. The number of carbonyl (C=O) groups excluding carboxylic acids is 1. The number of amides is 1. The summed E-state index contributed by atoms with van der Waals surface area (Å²) in [7, 11) is 0. The van der Waals surface area contributed by atoms with E-state index >= 15 is 0 Å². The lowest BCUT2D eigenvalue weighted by atomic mass is 10.1. The van der Waals surface area contributed by atoms with Crippen molar-refractivity contribution in [2.24, 2.45) is 0 Å². The first-order valence-corrected chi connectivity index (χ1v) is 8.27. The van der Waals surface area contributed by atoms with Crippen LogP contribution in [0.4, 0.5) is 4.79 Å². The monoisotopic (exact) mass is 343 g/mol. The number of ether oxygens (including phenoxy) is 2. The Labute approximate surface area is 147 Å². The largest absolute Gasteiger partial charge is 0.485 e. The minimum Gasteiger partial charge on any atom is -0.485 e. The normalized spacial score (nSPS) is 11.4. The van der Waals surface area contributed by atoms with E-state index in [1.807, 2.05) is 67.6 Å². The van der Waals surface area contributed by atoms with Crippen molar-refractivity contribution in [3.05, 3.63) is 71.8 Å². The highest BCUT2D eigenvalue weighted by molar-refractivity contribution is 7.80. The molecule has 0 bridgehead atoms. The smallest absolute Gasteiger partial charge is 0.408 e. The van der Waals surface area contributed by atoms with E-state index in [1.165, 1.54) is 0 Å². The highest BCUT2D eigenvalue weighted by atomic mass is 32.1. The Morgan fingerprint density at radius 2 is 1.58 bits per heavy atom. The van der Waals surface area contributed by atoms with Crippen LogP contribution in [0.15, 0.2) is 60.7 Å². The molecule has 0 aliphatic rings. The number of thiocarbonyl (C=S) groups is 1. The molecule has 4 nitrogen and oxygen atoms in total. The first-order valence-electron chi connectivity index (χ1n) is 7.87. The summed E-state index contributed by atoms with van der Waals surface area (Å²) in [6.07, 6.45) is 0.0435. The van der Waals surface area contributed by atoms with Crippen molar-refractivity contribution in [3.8, 4) is 0 Å². The van der Waals surface area contributed by atoms with E-state index < -0.39 is 12.1 Å². The average molecular weight is 343 g/mol. The second kappa shape index (κ2) is 9.67. The molecule has 126 valence electrons. The van der Waals surface area contributed by atoms with Gasteiger partial charge in [-0.25, -0.2) is 4.79 Å². The second-order valence-corrected chi connectivity index (χ2v) is 5.60. The Balaban J connectivity index is 1.93. The summed E-state index contributed by atoms with van der Waals surface area (Å²) in [5, 5.41) is 3.15. The summed E-state index contributed by atoms with van der Waals surface area (Å²) in [5.41, 5.74) is 1.99. The van der Waals surface area contributed by atoms with Gasteiger partial charge in [-0.2, -0.15) is 0 Å². The molecule has 0 radical (unpaired) electrons. The van der Waals surface area contributed by atoms with Crippen LogP contribution in [-0.4, -0.2) is 23.8 Å². The Kier molecular flexibility index (Phi) is 7.23. The van der Waals surface area contributed by atoms with Crippen molar-refractivity contribution in [2.75, 3.05) is 6.61 Å². The number of benzene rings is 2. The van der Waals surface area contributed by atoms with Crippen LogP contribution >= 0.6 is 12.2 Å². The summed E-state index contributed by atoms with van der Waals surface area (Å²) >= 11 is 5.28. The third kappa shape index (κ3) is 6.01. The minimum absolute atomic E-state index is 0.214. The first kappa shape index (κ1) is 17.9. The molecule has 0 fully saturated rings. The van der Waals surface area contributed by atoms with E-state index in [4.69, 9.17) is 21.7 Å². The fourth-order valence-corrected chi connectivity index (χ4v) is 2.45. The van der Waals surface area contributed by atoms with Crippen molar-refractivity contribution in [3.63, 3.8) is 0 Å². The first-order chi connectivity index (χ1) is 11.7. The molecule has 0 aliphatic carbocycles. The maximum Gasteiger partial charge on any atom is 0.408 e. The van der Waals surface area contributed by atoms with Crippen LogP contribution in [-0.2, 0) is 22.5 Å². The molecule has 1 N–H and O–H groups in total. The molecule has 1 unspecified atom stereocenters. The van der Waals surface area contributed by atoms with Gasteiger partial charge in [0.15, 0.2) is 5.05 Å². The van der Waals surface area contributed by atoms with E-state index in [0.29, 0.717) is 18.1 Å². The fraction of sp³-hybridized carbons (Fsp3) is 0.263. The number of hydrogen-bond acceptors (Lipinski definition) is 4. The maximum absolute atomic E-state index is 12.1. The quantitative estimate of drug-likeness (QED) is 0.775. The van der Waals surface area contributed by atoms with Crippen molar-refractivity contribution < 1.29 is 14.3 Å². The standard InChI is InChI=1S/C19H21NO3S/c1-2-22-18(24)17(13-15-9-5-3-6-10-15)20-19(21)23-14-16-11-7-4-8-12-16/h3-12,17H,2,13-14H2,1H3,(H,20,21). The zero-order valence-electron chi connectivity index (χ0n) is 13.6. The van der Waals surface area contributed by atoms with Crippen molar-refractivity contribution in [1.29, 1.82) is 0 Å². The molecular weight excluding hydrogens is 322 g/mol. The Bertz CT molecular complexity index is 646. The molecule has 0 saturated heterocycles. The second-order valence-electron chi connectivity index (χ2n) is 5.20. The molecule has 1 atom stereocenters. The molecule has 1 amide bonds. The lowest BCUT2D eigenvalue weighted by Crippen LogP contribution is -2.42. The van der Waals surface area contributed by atoms with Crippen LogP contribution in [0, 0.1) is 0 Å². The van der Waals surface area contributed by atoms with Crippen molar-refractivity contribution in [1.82, 2.24) is 5.32 Å². The lowest BCUT2D eigenvalue weighted by molar-refractivity contribution is 0.137. The molecule has 2 rings (SSSR count). The SMILES string of the molecule is CCOC(=S)C(Cc1ccccc1)NC(=O)OCc1ccccc1. The van der Waals surface area contributed by atoms with Crippen molar-refractivity contribution in [2.45, 2.75) is 26.0 Å². The summed E-state index contributed by atoms with van der Waals surface area (Å²) in [6.45, 7) is 2.54. The lowest BCUT2D eigenvalue weighted by Gasteiger charge is -2.19. The molecule has 0 heterocycles. The zero-order valence-corrected chi connectivity index (χ0v) is 14.4. The summed E-state index contributed by atoms with van der Waals surface area (Å²) < 4.78 is 10.7. The van der Waals surface area contributed by atoms with Gasteiger partial charge in [0.25, 0.3) is 0 Å². The van der Waals surface area contributed by atoms with Crippen LogP contribution in [0.25, 0.3) is 0 Å².